The standard InChI is InChI=1S/C16H35NO2/c1-13(2)7-9-17(10-8-14(3)4)11-16(18)12-19-15(5)6/h13-16,18H,7-12H2,1-6H3. The molecule has 0 aliphatic rings. The van der Waals surface area contributed by atoms with Crippen molar-refractivity contribution in [2.75, 3.05) is 26.2 Å². The predicted octanol–water partition coefficient (Wildman–Crippen LogP) is 3.17. The lowest BCUT2D eigenvalue weighted by Crippen LogP contribution is -2.37. The highest BCUT2D eigenvalue weighted by Gasteiger charge is 2.13. The first kappa shape index (κ1) is 18.9. The van der Waals surface area contributed by atoms with Crippen LogP contribution in [0.2, 0.25) is 0 Å². The van der Waals surface area contributed by atoms with Gasteiger partial charge in [0.1, 0.15) is 0 Å². The summed E-state index contributed by atoms with van der Waals surface area (Å²) in [6.45, 7) is 16.3. The van der Waals surface area contributed by atoms with E-state index in [2.05, 4.69) is 32.6 Å². The number of aliphatic hydroxyl groups excluding tert-OH is 1. The van der Waals surface area contributed by atoms with Gasteiger partial charge in [0.15, 0.2) is 0 Å². The van der Waals surface area contributed by atoms with Gasteiger partial charge in [-0.15, -0.1) is 0 Å². The number of hydrogen-bond donors (Lipinski definition) is 1. The van der Waals surface area contributed by atoms with Crippen molar-refractivity contribution in [2.24, 2.45) is 11.8 Å². The smallest absolute Gasteiger partial charge is 0.0900 e. The highest BCUT2D eigenvalue weighted by atomic mass is 16.5. The molecule has 0 aliphatic heterocycles. The lowest BCUT2D eigenvalue weighted by atomic mass is 10.1. The van der Waals surface area contributed by atoms with Gasteiger partial charge in [-0.1, -0.05) is 27.7 Å². The van der Waals surface area contributed by atoms with Gasteiger partial charge in [-0.25, -0.2) is 0 Å². The monoisotopic (exact) mass is 273 g/mol. The quantitative estimate of drug-likeness (QED) is 0.627. The maximum absolute atomic E-state index is 10.0. The minimum Gasteiger partial charge on any atom is -0.389 e. The molecule has 19 heavy (non-hydrogen) atoms. The Bertz CT molecular complexity index is 193. The summed E-state index contributed by atoms with van der Waals surface area (Å²) in [6.07, 6.45) is 2.20. The van der Waals surface area contributed by atoms with Gasteiger partial charge in [-0.05, 0) is 51.6 Å². The predicted molar refractivity (Wildman–Crippen MR) is 82.4 cm³/mol. The molecule has 0 heterocycles. The average Bonchev–Trinajstić information content (AvgIpc) is 2.29. The first-order chi connectivity index (χ1) is 8.81. The highest BCUT2D eigenvalue weighted by molar-refractivity contribution is 4.66. The third-order valence-corrected chi connectivity index (χ3v) is 3.14. The molecule has 0 aliphatic carbocycles. The first-order valence-corrected chi connectivity index (χ1v) is 7.83. The van der Waals surface area contributed by atoms with Crippen LogP contribution in [0.15, 0.2) is 0 Å². The van der Waals surface area contributed by atoms with Crippen molar-refractivity contribution >= 4 is 0 Å². The van der Waals surface area contributed by atoms with Gasteiger partial charge in [-0.3, -0.25) is 0 Å². The minimum atomic E-state index is -0.373. The van der Waals surface area contributed by atoms with Crippen LogP contribution in [-0.4, -0.2) is 48.5 Å². The fraction of sp³-hybridized carbons (Fsp3) is 1.00. The molecular formula is C16H35NO2. The number of rotatable bonds is 11. The summed E-state index contributed by atoms with van der Waals surface area (Å²) in [5.41, 5.74) is 0. The largest absolute Gasteiger partial charge is 0.389 e. The third kappa shape index (κ3) is 12.6. The number of nitrogens with zero attached hydrogens (tertiary/aromatic N) is 1. The molecule has 0 aromatic rings. The third-order valence-electron chi connectivity index (χ3n) is 3.14. The fourth-order valence-corrected chi connectivity index (χ4v) is 1.83. The molecule has 0 saturated carbocycles. The second-order valence-electron chi connectivity index (χ2n) is 6.70. The molecule has 0 amide bonds. The Balaban J connectivity index is 4.07. The number of ether oxygens (including phenoxy) is 1. The van der Waals surface area contributed by atoms with Gasteiger partial charge < -0.3 is 14.7 Å². The van der Waals surface area contributed by atoms with E-state index in [1.165, 1.54) is 12.8 Å². The van der Waals surface area contributed by atoms with Gasteiger partial charge >= 0.3 is 0 Å². The van der Waals surface area contributed by atoms with E-state index in [4.69, 9.17) is 4.74 Å². The zero-order chi connectivity index (χ0) is 14.8. The molecule has 1 N–H and O–H groups in total. The van der Waals surface area contributed by atoms with Crippen LogP contribution >= 0.6 is 0 Å². The van der Waals surface area contributed by atoms with Crippen LogP contribution in [0.25, 0.3) is 0 Å². The molecule has 3 nitrogen and oxygen atoms in total. The van der Waals surface area contributed by atoms with E-state index < -0.39 is 0 Å². The molecule has 0 rings (SSSR count). The topological polar surface area (TPSA) is 32.7 Å². The van der Waals surface area contributed by atoms with Gasteiger partial charge in [0.2, 0.25) is 0 Å². The Morgan fingerprint density at radius 3 is 1.74 bits per heavy atom. The fourth-order valence-electron chi connectivity index (χ4n) is 1.83. The lowest BCUT2D eigenvalue weighted by Gasteiger charge is -2.26. The van der Waals surface area contributed by atoms with Crippen LogP contribution in [0.1, 0.15) is 54.4 Å². The summed E-state index contributed by atoms with van der Waals surface area (Å²) in [6, 6.07) is 0. The van der Waals surface area contributed by atoms with E-state index in [0.717, 1.165) is 19.6 Å². The molecule has 0 radical (unpaired) electrons. The number of hydrogen-bond acceptors (Lipinski definition) is 3. The van der Waals surface area contributed by atoms with E-state index in [1.807, 2.05) is 13.8 Å². The molecule has 0 bridgehead atoms. The summed E-state index contributed by atoms with van der Waals surface area (Å²) < 4.78 is 5.48. The van der Waals surface area contributed by atoms with Crippen molar-refractivity contribution < 1.29 is 9.84 Å². The van der Waals surface area contributed by atoms with Crippen molar-refractivity contribution in [3.05, 3.63) is 0 Å². The molecule has 0 saturated heterocycles. The van der Waals surface area contributed by atoms with E-state index in [1.54, 1.807) is 0 Å². The van der Waals surface area contributed by atoms with Crippen LogP contribution in [0, 0.1) is 11.8 Å². The Labute approximate surface area is 120 Å². The van der Waals surface area contributed by atoms with Crippen molar-refractivity contribution in [1.29, 1.82) is 0 Å². The Morgan fingerprint density at radius 2 is 1.37 bits per heavy atom. The Hall–Kier alpha value is -0.120. The molecule has 1 unspecified atom stereocenters. The molecule has 0 fully saturated rings. The summed E-state index contributed by atoms with van der Waals surface area (Å²) in [4.78, 5) is 2.38. The molecule has 116 valence electrons. The Morgan fingerprint density at radius 1 is 0.895 bits per heavy atom. The van der Waals surface area contributed by atoms with Crippen LogP contribution in [0.3, 0.4) is 0 Å². The second-order valence-corrected chi connectivity index (χ2v) is 6.70. The first-order valence-electron chi connectivity index (χ1n) is 7.83. The molecule has 0 aromatic carbocycles. The molecule has 3 heteroatoms. The van der Waals surface area contributed by atoms with Gasteiger partial charge in [0.05, 0.1) is 18.8 Å². The van der Waals surface area contributed by atoms with Crippen molar-refractivity contribution in [1.82, 2.24) is 4.90 Å². The van der Waals surface area contributed by atoms with Gasteiger partial charge in [-0.2, -0.15) is 0 Å². The van der Waals surface area contributed by atoms with Crippen LogP contribution in [-0.2, 0) is 4.74 Å². The zero-order valence-corrected chi connectivity index (χ0v) is 13.9. The Kier molecular flexibility index (Phi) is 10.6. The highest BCUT2D eigenvalue weighted by Crippen LogP contribution is 2.07. The van der Waals surface area contributed by atoms with Crippen LogP contribution in [0.5, 0.6) is 0 Å². The normalized spacial score (nSPS) is 14.1. The van der Waals surface area contributed by atoms with Crippen molar-refractivity contribution in [2.45, 2.75) is 66.6 Å². The van der Waals surface area contributed by atoms with Crippen molar-refractivity contribution in [3.8, 4) is 0 Å². The average molecular weight is 273 g/mol. The summed E-state index contributed by atoms with van der Waals surface area (Å²) in [5.74, 6) is 1.43. The minimum absolute atomic E-state index is 0.189. The second kappa shape index (κ2) is 10.6. The molecular weight excluding hydrogens is 238 g/mol. The van der Waals surface area contributed by atoms with Gasteiger partial charge in [0.25, 0.3) is 0 Å². The maximum atomic E-state index is 10.0. The van der Waals surface area contributed by atoms with E-state index >= 15 is 0 Å². The lowest BCUT2D eigenvalue weighted by molar-refractivity contribution is -0.00935. The molecule has 0 aromatic heterocycles. The van der Waals surface area contributed by atoms with Crippen LogP contribution in [0.4, 0.5) is 0 Å². The maximum Gasteiger partial charge on any atom is 0.0900 e. The SMILES string of the molecule is CC(C)CCN(CCC(C)C)CC(O)COC(C)C. The van der Waals surface area contributed by atoms with E-state index in [0.29, 0.717) is 18.4 Å². The zero-order valence-electron chi connectivity index (χ0n) is 13.9. The molecule has 0 spiro atoms. The summed E-state index contributed by atoms with van der Waals surface area (Å²) >= 11 is 0. The van der Waals surface area contributed by atoms with Gasteiger partial charge in [0, 0.05) is 6.54 Å². The van der Waals surface area contributed by atoms with Crippen LogP contribution < -0.4 is 0 Å². The van der Waals surface area contributed by atoms with Crippen molar-refractivity contribution in [3.63, 3.8) is 0 Å². The van der Waals surface area contributed by atoms with E-state index in [9.17, 15) is 5.11 Å². The van der Waals surface area contributed by atoms with E-state index in [-0.39, 0.29) is 12.2 Å². The summed E-state index contributed by atoms with van der Waals surface area (Å²) in [5, 5.41) is 10.0. The summed E-state index contributed by atoms with van der Waals surface area (Å²) in [7, 11) is 0. The number of aliphatic hydroxyl groups is 1. The molecule has 1 atom stereocenters.